The van der Waals surface area contributed by atoms with Crippen LogP contribution in [0.15, 0.2) is 18.2 Å². The number of nitrogens with zero attached hydrogens (tertiary/aromatic N) is 2. The number of benzene rings is 1. The normalized spacial score (nSPS) is 12.0. The third-order valence-electron chi connectivity index (χ3n) is 3.32. The van der Waals surface area contributed by atoms with E-state index >= 15 is 0 Å². The molecule has 18 heavy (non-hydrogen) atoms. The van der Waals surface area contributed by atoms with Crippen LogP contribution in [0.3, 0.4) is 0 Å². The third-order valence-corrected chi connectivity index (χ3v) is 3.32. The van der Waals surface area contributed by atoms with Gasteiger partial charge in [-0.15, -0.1) is 0 Å². The summed E-state index contributed by atoms with van der Waals surface area (Å²) in [5.74, 6) is -0.571. The first-order valence-corrected chi connectivity index (χ1v) is 5.88. The molecule has 1 aromatic rings. The summed E-state index contributed by atoms with van der Waals surface area (Å²) in [5.41, 5.74) is 1.30. The fraction of sp³-hybridized carbons (Fsp3) is 0.429. The van der Waals surface area contributed by atoms with E-state index in [1.165, 1.54) is 12.1 Å². The van der Waals surface area contributed by atoms with Crippen LogP contribution < -0.4 is 4.90 Å². The van der Waals surface area contributed by atoms with Gasteiger partial charge in [-0.1, -0.05) is 13.8 Å². The number of aromatic carboxylic acids is 1. The van der Waals surface area contributed by atoms with E-state index in [-0.39, 0.29) is 11.6 Å². The molecule has 0 aliphatic carbocycles. The zero-order chi connectivity index (χ0) is 13.9. The molecule has 1 rings (SSSR count). The molecule has 0 amide bonds. The van der Waals surface area contributed by atoms with Gasteiger partial charge >= 0.3 is 5.97 Å². The first-order valence-electron chi connectivity index (χ1n) is 5.88. The molecule has 1 aromatic carbocycles. The van der Waals surface area contributed by atoms with Gasteiger partial charge in [-0.3, -0.25) is 0 Å². The second-order valence-corrected chi connectivity index (χ2v) is 4.74. The van der Waals surface area contributed by atoms with Crippen molar-refractivity contribution in [2.75, 3.05) is 11.9 Å². The average Bonchev–Trinajstić information content (AvgIpc) is 2.35. The Balaban J connectivity index is 3.18. The highest BCUT2D eigenvalue weighted by atomic mass is 16.4. The smallest absolute Gasteiger partial charge is 0.335 e. The molecule has 96 valence electrons. The molecule has 1 unspecified atom stereocenters. The molecule has 0 saturated heterocycles. The maximum atomic E-state index is 10.9. The highest BCUT2D eigenvalue weighted by Crippen LogP contribution is 2.24. The number of hydrogen-bond donors (Lipinski definition) is 1. The molecule has 0 aromatic heterocycles. The number of anilines is 1. The molecule has 0 radical (unpaired) electrons. The van der Waals surface area contributed by atoms with Gasteiger partial charge in [0, 0.05) is 13.1 Å². The Labute approximate surface area is 107 Å². The van der Waals surface area contributed by atoms with Crippen LogP contribution in [0.5, 0.6) is 0 Å². The second-order valence-electron chi connectivity index (χ2n) is 4.74. The standard InChI is InChI=1S/C14H18N2O2/c1-9(2)10(3)16(4)13-6-5-11(14(17)18)7-12(13)8-15/h5-7,9-10H,1-4H3,(H,17,18). The number of carboxylic acid groups (broad SMARTS) is 1. The summed E-state index contributed by atoms with van der Waals surface area (Å²) >= 11 is 0. The molecular formula is C14H18N2O2. The summed E-state index contributed by atoms with van der Waals surface area (Å²) in [6.45, 7) is 6.30. The van der Waals surface area contributed by atoms with E-state index in [1.54, 1.807) is 6.07 Å². The quantitative estimate of drug-likeness (QED) is 0.887. The molecule has 1 N–H and O–H groups in total. The Kier molecular flexibility index (Phi) is 4.33. The molecule has 0 aliphatic heterocycles. The molecule has 0 heterocycles. The minimum absolute atomic E-state index is 0.140. The molecule has 0 spiro atoms. The molecule has 0 saturated carbocycles. The zero-order valence-electron chi connectivity index (χ0n) is 11.1. The summed E-state index contributed by atoms with van der Waals surface area (Å²) in [5, 5.41) is 18.0. The predicted octanol–water partition coefficient (Wildman–Crippen LogP) is 2.74. The van der Waals surface area contributed by atoms with Crippen LogP contribution >= 0.6 is 0 Å². The first-order chi connectivity index (χ1) is 8.38. The number of carbonyl (C=O) groups is 1. The number of rotatable bonds is 4. The van der Waals surface area contributed by atoms with Crippen molar-refractivity contribution in [3.05, 3.63) is 29.3 Å². The van der Waals surface area contributed by atoms with E-state index in [0.717, 1.165) is 5.69 Å². The lowest BCUT2D eigenvalue weighted by Gasteiger charge is -2.30. The summed E-state index contributed by atoms with van der Waals surface area (Å²) in [6.07, 6.45) is 0. The van der Waals surface area contributed by atoms with E-state index in [1.807, 2.05) is 11.9 Å². The van der Waals surface area contributed by atoms with Crippen LogP contribution in [-0.4, -0.2) is 24.2 Å². The second kappa shape index (κ2) is 5.54. The van der Waals surface area contributed by atoms with Crippen molar-refractivity contribution in [2.24, 2.45) is 5.92 Å². The summed E-state index contributed by atoms with van der Waals surface area (Å²) < 4.78 is 0. The summed E-state index contributed by atoms with van der Waals surface area (Å²) in [6, 6.07) is 6.97. The lowest BCUT2D eigenvalue weighted by Crippen LogP contribution is -2.33. The van der Waals surface area contributed by atoms with Gasteiger partial charge in [-0.2, -0.15) is 5.26 Å². The van der Waals surface area contributed by atoms with Crippen LogP contribution in [0.2, 0.25) is 0 Å². The molecule has 4 heteroatoms. The Hall–Kier alpha value is -2.02. The SMILES string of the molecule is CC(C)C(C)N(C)c1ccc(C(=O)O)cc1C#N. The third kappa shape index (κ3) is 2.80. The van der Waals surface area contributed by atoms with E-state index in [2.05, 4.69) is 26.8 Å². The molecule has 1 atom stereocenters. The topological polar surface area (TPSA) is 64.3 Å². The minimum Gasteiger partial charge on any atom is -0.478 e. The van der Waals surface area contributed by atoms with Gasteiger partial charge in [0.25, 0.3) is 0 Å². The number of nitriles is 1. The molecule has 0 bridgehead atoms. The van der Waals surface area contributed by atoms with E-state index in [9.17, 15) is 4.79 Å². The Morgan fingerprint density at radius 1 is 1.39 bits per heavy atom. The Bertz CT molecular complexity index is 489. The maximum Gasteiger partial charge on any atom is 0.335 e. The lowest BCUT2D eigenvalue weighted by atomic mass is 10.0. The first kappa shape index (κ1) is 14.0. The molecule has 0 fully saturated rings. The van der Waals surface area contributed by atoms with Crippen LogP contribution in [0, 0.1) is 17.2 Å². The average molecular weight is 246 g/mol. The molecule has 4 nitrogen and oxygen atoms in total. The van der Waals surface area contributed by atoms with Crippen molar-refractivity contribution < 1.29 is 9.90 Å². The maximum absolute atomic E-state index is 10.9. The highest BCUT2D eigenvalue weighted by Gasteiger charge is 2.17. The van der Waals surface area contributed by atoms with Gasteiger partial charge in [0.2, 0.25) is 0 Å². The number of carboxylic acids is 1. The van der Waals surface area contributed by atoms with Gasteiger partial charge in [-0.25, -0.2) is 4.79 Å². The highest BCUT2D eigenvalue weighted by molar-refractivity contribution is 5.89. The molecule has 0 aliphatic rings. The van der Waals surface area contributed by atoms with Crippen molar-refractivity contribution in [3.8, 4) is 6.07 Å². The lowest BCUT2D eigenvalue weighted by molar-refractivity contribution is 0.0697. The van der Waals surface area contributed by atoms with Gasteiger partial charge in [0.05, 0.1) is 16.8 Å². The van der Waals surface area contributed by atoms with Crippen molar-refractivity contribution >= 4 is 11.7 Å². The van der Waals surface area contributed by atoms with E-state index in [0.29, 0.717) is 11.5 Å². The van der Waals surface area contributed by atoms with Crippen LogP contribution in [0.1, 0.15) is 36.7 Å². The van der Waals surface area contributed by atoms with Gasteiger partial charge in [0.15, 0.2) is 0 Å². The largest absolute Gasteiger partial charge is 0.478 e. The van der Waals surface area contributed by atoms with Crippen molar-refractivity contribution in [3.63, 3.8) is 0 Å². The minimum atomic E-state index is -1.02. The van der Waals surface area contributed by atoms with Crippen molar-refractivity contribution in [2.45, 2.75) is 26.8 Å². The van der Waals surface area contributed by atoms with Crippen LogP contribution in [0.4, 0.5) is 5.69 Å². The zero-order valence-corrected chi connectivity index (χ0v) is 11.1. The molecular weight excluding hydrogens is 228 g/mol. The Morgan fingerprint density at radius 3 is 2.44 bits per heavy atom. The van der Waals surface area contributed by atoms with Crippen LogP contribution in [-0.2, 0) is 0 Å². The Morgan fingerprint density at radius 2 is 2.00 bits per heavy atom. The number of hydrogen-bond acceptors (Lipinski definition) is 3. The van der Waals surface area contributed by atoms with Crippen molar-refractivity contribution in [1.82, 2.24) is 0 Å². The van der Waals surface area contributed by atoms with E-state index in [4.69, 9.17) is 10.4 Å². The fourth-order valence-corrected chi connectivity index (χ4v) is 1.73. The van der Waals surface area contributed by atoms with Gasteiger partial charge < -0.3 is 10.0 Å². The summed E-state index contributed by atoms with van der Waals surface area (Å²) in [7, 11) is 1.92. The summed E-state index contributed by atoms with van der Waals surface area (Å²) in [4.78, 5) is 12.9. The van der Waals surface area contributed by atoms with Crippen LogP contribution in [0.25, 0.3) is 0 Å². The van der Waals surface area contributed by atoms with Gasteiger partial charge in [-0.05, 0) is 31.0 Å². The van der Waals surface area contributed by atoms with Crippen molar-refractivity contribution in [1.29, 1.82) is 5.26 Å². The monoisotopic (exact) mass is 246 g/mol. The van der Waals surface area contributed by atoms with Gasteiger partial charge in [0.1, 0.15) is 6.07 Å². The fourth-order valence-electron chi connectivity index (χ4n) is 1.73. The van der Waals surface area contributed by atoms with E-state index < -0.39 is 5.97 Å². The predicted molar refractivity (Wildman–Crippen MR) is 70.8 cm³/mol.